The van der Waals surface area contributed by atoms with Crippen molar-refractivity contribution in [2.75, 3.05) is 7.11 Å². The van der Waals surface area contributed by atoms with Crippen molar-refractivity contribution in [3.63, 3.8) is 0 Å². The van der Waals surface area contributed by atoms with E-state index in [9.17, 15) is 4.79 Å². The average molecular weight is 368 g/mol. The Morgan fingerprint density at radius 2 is 1.92 bits per heavy atom. The van der Waals surface area contributed by atoms with Gasteiger partial charge >= 0.3 is 5.97 Å². The number of carbonyl (C=O) groups is 1. The summed E-state index contributed by atoms with van der Waals surface area (Å²) in [6.45, 7) is 2.28. The fourth-order valence-electron chi connectivity index (χ4n) is 2.85. The third kappa shape index (κ3) is 4.03. The number of rotatable bonds is 5. The number of esters is 1. The van der Waals surface area contributed by atoms with Gasteiger partial charge in [0.05, 0.1) is 18.7 Å². The van der Waals surface area contributed by atoms with Gasteiger partial charge in [-0.15, -0.1) is 0 Å². The predicted molar refractivity (Wildman–Crippen MR) is 104 cm³/mol. The van der Waals surface area contributed by atoms with Crippen LogP contribution in [0, 0.1) is 0 Å². The molecule has 134 valence electrons. The molecule has 1 aliphatic rings. The molecule has 2 aromatic rings. The van der Waals surface area contributed by atoms with Crippen LogP contribution in [-0.4, -0.2) is 18.2 Å². The Morgan fingerprint density at radius 1 is 1.15 bits per heavy atom. The molecule has 6 heteroatoms. The molecule has 0 saturated heterocycles. The van der Waals surface area contributed by atoms with Crippen LogP contribution in [0.5, 0.6) is 5.75 Å². The van der Waals surface area contributed by atoms with Gasteiger partial charge in [-0.05, 0) is 42.4 Å². The van der Waals surface area contributed by atoms with Gasteiger partial charge in [0.25, 0.3) is 0 Å². The molecule has 3 rings (SSSR count). The van der Waals surface area contributed by atoms with Gasteiger partial charge in [-0.3, -0.25) is 0 Å². The number of methoxy groups -OCH3 is 1. The van der Waals surface area contributed by atoms with Gasteiger partial charge in [0.15, 0.2) is 5.11 Å². The van der Waals surface area contributed by atoms with Crippen molar-refractivity contribution < 1.29 is 14.3 Å². The summed E-state index contributed by atoms with van der Waals surface area (Å²) in [6, 6.07) is 17.2. The van der Waals surface area contributed by atoms with E-state index in [1.165, 1.54) is 7.11 Å². The number of allylic oxidation sites excluding steroid dienone is 1. The fraction of sp³-hybridized carbons (Fsp3) is 0.200. The third-order valence-corrected chi connectivity index (χ3v) is 4.33. The van der Waals surface area contributed by atoms with Crippen molar-refractivity contribution in [3.05, 3.63) is 77.0 Å². The maximum atomic E-state index is 12.2. The van der Waals surface area contributed by atoms with E-state index in [1.807, 2.05) is 61.5 Å². The Bertz CT molecular complexity index is 849. The first kappa shape index (κ1) is 17.9. The lowest BCUT2D eigenvalue weighted by atomic mass is 9.95. The fourth-order valence-corrected chi connectivity index (χ4v) is 3.12. The average Bonchev–Trinajstić information content (AvgIpc) is 2.66. The molecule has 0 fully saturated rings. The van der Waals surface area contributed by atoms with Crippen LogP contribution in [0.25, 0.3) is 0 Å². The molecule has 1 aliphatic heterocycles. The van der Waals surface area contributed by atoms with E-state index < -0.39 is 12.0 Å². The number of nitrogens with one attached hydrogen (secondary N) is 2. The zero-order chi connectivity index (χ0) is 18.5. The first-order valence-corrected chi connectivity index (χ1v) is 8.62. The zero-order valence-corrected chi connectivity index (χ0v) is 15.4. The summed E-state index contributed by atoms with van der Waals surface area (Å²) < 4.78 is 10.8. The highest BCUT2D eigenvalue weighted by Crippen LogP contribution is 2.29. The lowest BCUT2D eigenvalue weighted by molar-refractivity contribution is -0.136. The lowest BCUT2D eigenvalue weighted by Gasteiger charge is -2.29. The molecule has 0 aliphatic carbocycles. The number of thiocarbonyl (C=S) groups is 1. The second-order valence-electron chi connectivity index (χ2n) is 5.91. The standard InChI is InChI=1S/C20H20N2O3S/c1-13-17(19(23)24-2)18(22-20(26)21-13)15-9-6-10-16(11-15)25-12-14-7-4-3-5-8-14/h3-11,18H,12H2,1-2H3,(H2,21,22,26)/t18-/m0/s1. The van der Waals surface area contributed by atoms with Gasteiger partial charge in [0.2, 0.25) is 0 Å². The first-order valence-electron chi connectivity index (χ1n) is 8.22. The minimum absolute atomic E-state index is 0.392. The molecule has 26 heavy (non-hydrogen) atoms. The monoisotopic (exact) mass is 368 g/mol. The van der Waals surface area contributed by atoms with E-state index in [-0.39, 0.29) is 0 Å². The molecule has 2 aromatic carbocycles. The minimum atomic E-state index is -0.398. The van der Waals surface area contributed by atoms with Crippen LogP contribution >= 0.6 is 12.2 Å². The molecular weight excluding hydrogens is 348 g/mol. The number of benzene rings is 2. The van der Waals surface area contributed by atoms with E-state index in [2.05, 4.69) is 10.6 Å². The van der Waals surface area contributed by atoms with Crippen LogP contribution < -0.4 is 15.4 Å². The number of ether oxygens (including phenoxy) is 2. The van der Waals surface area contributed by atoms with Crippen molar-refractivity contribution >= 4 is 23.3 Å². The van der Waals surface area contributed by atoms with Gasteiger partial charge in [-0.1, -0.05) is 42.5 Å². The molecular formula is C20H20N2O3S. The molecule has 0 aromatic heterocycles. The maximum Gasteiger partial charge on any atom is 0.337 e. The van der Waals surface area contributed by atoms with Gasteiger partial charge in [0, 0.05) is 5.70 Å². The first-order chi connectivity index (χ1) is 12.6. The molecule has 0 saturated carbocycles. The van der Waals surface area contributed by atoms with Crippen molar-refractivity contribution in [1.29, 1.82) is 0 Å². The Morgan fingerprint density at radius 3 is 2.65 bits per heavy atom. The zero-order valence-electron chi connectivity index (χ0n) is 14.6. The predicted octanol–water partition coefficient (Wildman–Crippen LogP) is 3.23. The molecule has 0 unspecified atom stereocenters. The Kier molecular flexibility index (Phi) is 5.53. The van der Waals surface area contributed by atoms with E-state index in [4.69, 9.17) is 21.7 Å². The van der Waals surface area contributed by atoms with E-state index in [0.29, 0.717) is 23.0 Å². The molecule has 0 spiro atoms. The molecule has 0 bridgehead atoms. The normalized spacial score (nSPS) is 16.5. The van der Waals surface area contributed by atoms with Crippen LogP contribution in [-0.2, 0) is 16.1 Å². The van der Waals surface area contributed by atoms with Crippen molar-refractivity contribution in [1.82, 2.24) is 10.6 Å². The Balaban J connectivity index is 1.85. The maximum absolute atomic E-state index is 12.2. The Hall–Kier alpha value is -2.86. The number of hydrogen-bond donors (Lipinski definition) is 2. The van der Waals surface area contributed by atoms with E-state index in [1.54, 1.807) is 0 Å². The van der Waals surface area contributed by atoms with Crippen LogP contribution in [0.2, 0.25) is 0 Å². The summed E-state index contributed by atoms with van der Waals surface area (Å²) in [7, 11) is 1.37. The second kappa shape index (κ2) is 8.01. The van der Waals surface area contributed by atoms with Crippen LogP contribution in [0.1, 0.15) is 24.1 Å². The highest BCUT2D eigenvalue weighted by Gasteiger charge is 2.30. The van der Waals surface area contributed by atoms with Crippen LogP contribution in [0.4, 0.5) is 0 Å². The summed E-state index contributed by atoms with van der Waals surface area (Å²) in [5, 5.41) is 6.58. The highest BCUT2D eigenvalue weighted by atomic mass is 32.1. The lowest BCUT2D eigenvalue weighted by Crippen LogP contribution is -2.45. The van der Waals surface area contributed by atoms with Gasteiger partial charge in [-0.2, -0.15) is 0 Å². The van der Waals surface area contributed by atoms with Crippen molar-refractivity contribution in [3.8, 4) is 5.75 Å². The molecule has 5 nitrogen and oxygen atoms in total. The van der Waals surface area contributed by atoms with Crippen LogP contribution in [0.3, 0.4) is 0 Å². The number of hydrogen-bond acceptors (Lipinski definition) is 4. The van der Waals surface area contributed by atoms with Gasteiger partial charge < -0.3 is 20.1 Å². The highest BCUT2D eigenvalue weighted by molar-refractivity contribution is 7.80. The molecule has 2 N–H and O–H groups in total. The van der Waals surface area contributed by atoms with E-state index >= 15 is 0 Å². The molecule has 1 heterocycles. The second-order valence-corrected chi connectivity index (χ2v) is 6.32. The summed E-state index contributed by atoms with van der Waals surface area (Å²) >= 11 is 5.24. The van der Waals surface area contributed by atoms with Gasteiger partial charge in [-0.25, -0.2) is 4.79 Å². The van der Waals surface area contributed by atoms with E-state index in [0.717, 1.165) is 16.9 Å². The Labute approximate surface area is 158 Å². The quantitative estimate of drug-likeness (QED) is 0.624. The number of carbonyl (C=O) groups excluding carboxylic acids is 1. The summed E-state index contributed by atoms with van der Waals surface area (Å²) in [5.74, 6) is 0.324. The summed E-state index contributed by atoms with van der Waals surface area (Å²) in [6.07, 6.45) is 0. The van der Waals surface area contributed by atoms with Crippen molar-refractivity contribution in [2.45, 2.75) is 19.6 Å². The molecule has 0 radical (unpaired) electrons. The summed E-state index contributed by atoms with van der Waals surface area (Å²) in [4.78, 5) is 12.2. The topological polar surface area (TPSA) is 59.6 Å². The largest absolute Gasteiger partial charge is 0.489 e. The molecule has 1 atom stereocenters. The third-order valence-electron chi connectivity index (χ3n) is 4.11. The van der Waals surface area contributed by atoms with Crippen LogP contribution in [0.15, 0.2) is 65.9 Å². The molecule has 0 amide bonds. The smallest absolute Gasteiger partial charge is 0.337 e. The minimum Gasteiger partial charge on any atom is -0.489 e. The van der Waals surface area contributed by atoms with Crippen molar-refractivity contribution in [2.24, 2.45) is 0 Å². The SMILES string of the molecule is COC(=O)C1=C(C)NC(=S)N[C@H]1c1cccc(OCc2ccccc2)c1. The summed E-state index contributed by atoms with van der Waals surface area (Å²) in [5.41, 5.74) is 3.15. The van der Waals surface area contributed by atoms with Gasteiger partial charge in [0.1, 0.15) is 12.4 Å².